The monoisotopic (exact) mass is 364 g/mol. The Balaban J connectivity index is 1.46. The van der Waals surface area contributed by atoms with Crippen LogP contribution in [0.25, 0.3) is 5.65 Å². The van der Waals surface area contributed by atoms with Crippen LogP contribution in [0.1, 0.15) is 43.9 Å². The molecule has 1 aliphatic rings. The summed E-state index contributed by atoms with van der Waals surface area (Å²) in [6, 6.07) is 14.4. The van der Waals surface area contributed by atoms with E-state index < -0.39 is 0 Å². The van der Waals surface area contributed by atoms with Gasteiger partial charge in [-0.1, -0.05) is 44.2 Å². The highest BCUT2D eigenvalue weighted by molar-refractivity contribution is 5.51. The molecule has 4 rings (SSSR count). The van der Waals surface area contributed by atoms with Crippen molar-refractivity contribution in [2.45, 2.75) is 45.1 Å². The molecule has 0 aliphatic carbocycles. The van der Waals surface area contributed by atoms with Crippen molar-refractivity contribution in [3.8, 4) is 0 Å². The van der Waals surface area contributed by atoms with Crippen LogP contribution < -0.4 is 4.90 Å². The van der Waals surface area contributed by atoms with E-state index in [2.05, 4.69) is 42.0 Å². The molecule has 142 valence electrons. The van der Waals surface area contributed by atoms with E-state index in [0.29, 0.717) is 11.8 Å². The minimum atomic E-state index is -0.275. The lowest BCUT2D eigenvalue weighted by atomic mass is 9.88. The van der Waals surface area contributed by atoms with Crippen molar-refractivity contribution < 1.29 is 5.11 Å². The van der Waals surface area contributed by atoms with Crippen LogP contribution in [0, 0.1) is 5.92 Å². The SMILES string of the molecule is CC(C)c1cc(N2CCC(C(O)Cc3ccccc3)CC2)n2nccc2n1. The molecule has 0 saturated carbocycles. The molecule has 1 atom stereocenters. The molecule has 1 unspecified atom stereocenters. The van der Waals surface area contributed by atoms with Gasteiger partial charge in [-0.15, -0.1) is 0 Å². The van der Waals surface area contributed by atoms with Crippen LogP contribution in [0.2, 0.25) is 0 Å². The van der Waals surface area contributed by atoms with Crippen LogP contribution in [0.3, 0.4) is 0 Å². The molecule has 0 radical (unpaired) electrons. The van der Waals surface area contributed by atoms with Gasteiger partial charge in [0.15, 0.2) is 5.65 Å². The molecule has 3 aromatic rings. The summed E-state index contributed by atoms with van der Waals surface area (Å²) in [6.07, 6.45) is 4.27. The minimum absolute atomic E-state index is 0.275. The van der Waals surface area contributed by atoms with Crippen molar-refractivity contribution >= 4 is 11.5 Å². The fourth-order valence-electron chi connectivity index (χ4n) is 3.97. The number of anilines is 1. The van der Waals surface area contributed by atoms with Crippen molar-refractivity contribution in [2.75, 3.05) is 18.0 Å². The molecule has 0 bridgehead atoms. The topological polar surface area (TPSA) is 53.7 Å². The zero-order chi connectivity index (χ0) is 18.8. The first-order valence-corrected chi connectivity index (χ1v) is 9.93. The molecule has 0 amide bonds. The van der Waals surface area contributed by atoms with E-state index in [1.54, 1.807) is 0 Å². The number of aliphatic hydroxyl groups is 1. The maximum absolute atomic E-state index is 10.7. The Morgan fingerprint density at radius 2 is 1.85 bits per heavy atom. The zero-order valence-corrected chi connectivity index (χ0v) is 16.1. The summed E-state index contributed by atoms with van der Waals surface area (Å²) >= 11 is 0. The highest BCUT2D eigenvalue weighted by Crippen LogP contribution is 2.28. The summed E-state index contributed by atoms with van der Waals surface area (Å²) in [5, 5.41) is 15.2. The van der Waals surface area contributed by atoms with Gasteiger partial charge < -0.3 is 10.0 Å². The van der Waals surface area contributed by atoms with E-state index in [9.17, 15) is 5.11 Å². The molecular weight excluding hydrogens is 336 g/mol. The first-order valence-electron chi connectivity index (χ1n) is 9.93. The Morgan fingerprint density at radius 3 is 2.56 bits per heavy atom. The molecule has 1 aliphatic heterocycles. The number of piperidine rings is 1. The lowest BCUT2D eigenvalue weighted by Gasteiger charge is -2.35. The van der Waals surface area contributed by atoms with Gasteiger partial charge in [-0.2, -0.15) is 9.61 Å². The van der Waals surface area contributed by atoms with Crippen LogP contribution in [0.4, 0.5) is 5.82 Å². The van der Waals surface area contributed by atoms with Crippen LogP contribution in [-0.4, -0.2) is 38.9 Å². The molecular formula is C22H28N4O. The maximum Gasteiger partial charge on any atom is 0.157 e. The van der Waals surface area contributed by atoms with Crippen LogP contribution in [0.15, 0.2) is 48.7 Å². The molecule has 5 heteroatoms. The minimum Gasteiger partial charge on any atom is -0.392 e. The number of aromatic nitrogens is 3. The standard InChI is InChI=1S/C22H28N4O/c1-16(2)19-15-22(26-21(24-19)8-11-23-26)25-12-9-18(10-13-25)20(27)14-17-6-4-3-5-7-17/h3-8,11,15-16,18,20,27H,9-10,12-14H2,1-2H3. The average molecular weight is 364 g/mol. The number of nitrogens with zero attached hydrogens (tertiary/aromatic N) is 4. The normalized spacial score (nSPS) is 17.0. The summed E-state index contributed by atoms with van der Waals surface area (Å²) in [6.45, 7) is 6.22. The number of hydrogen-bond acceptors (Lipinski definition) is 4. The second kappa shape index (κ2) is 7.69. The molecule has 1 fully saturated rings. The number of hydrogen-bond donors (Lipinski definition) is 1. The second-order valence-corrected chi connectivity index (χ2v) is 7.88. The summed E-state index contributed by atoms with van der Waals surface area (Å²) in [7, 11) is 0. The Kier molecular flexibility index (Phi) is 5.12. The van der Waals surface area contributed by atoms with E-state index in [4.69, 9.17) is 4.98 Å². The fourth-order valence-corrected chi connectivity index (χ4v) is 3.97. The van der Waals surface area contributed by atoms with Gasteiger partial charge in [0.1, 0.15) is 5.82 Å². The first-order chi connectivity index (χ1) is 13.1. The van der Waals surface area contributed by atoms with Crippen molar-refractivity contribution in [3.05, 3.63) is 59.9 Å². The van der Waals surface area contributed by atoms with Crippen LogP contribution in [-0.2, 0) is 6.42 Å². The van der Waals surface area contributed by atoms with E-state index >= 15 is 0 Å². The lowest BCUT2D eigenvalue weighted by Crippen LogP contribution is -2.39. The first kappa shape index (κ1) is 18.0. The highest BCUT2D eigenvalue weighted by Gasteiger charge is 2.27. The summed E-state index contributed by atoms with van der Waals surface area (Å²) in [5.74, 6) is 1.85. The van der Waals surface area contributed by atoms with Gasteiger partial charge in [0.05, 0.1) is 12.3 Å². The number of rotatable bonds is 5. The predicted molar refractivity (Wildman–Crippen MR) is 108 cm³/mol. The van der Waals surface area contributed by atoms with Gasteiger partial charge in [-0.3, -0.25) is 0 Å². The largest absolute Gasteiger partial charge is 0.392 e. The van der Waals surface area contributed by atoms with E-state index in [1.165, 1.54) is 5.56 Å². The smallest absolute Gasteiger partial charge is 0.157 e. The van der Waals surface area contributed by atoms with Gasteiger partial charge in [-0.25, -0.2) is 4.98 Å². The maximum atomic E-state index is 10.7. The molecule has 5 nitrogen and oxygen atoms in total. The highest BCUT2D eigenvalue weighted by atomic mass is 16.3. The van der Waals surface area contributed by atoms with E-state index in [0.717, 1.165) is 49.5 Å². The molecule has 1 aromatic carbocycles. The van der Waals surface area contributed by atoms with Gasteiger partial charge >= 0.3 is 0 Å². The van der Waals surface area contributed by atoms with Crippen molar-refractivity contribution in [1.82, 2.24) is 14.6 Å². The number of aliphatic hydroxyl groups excluding tert-OH is 1. The van der Waals surface area contributed by atoms with Crippen LogP contribution >= 0.6 is 0 Å². The summed E-state index contributed by atoms with van der Waals surface area (Å²) < 4.78 is 1.94. The Labute approximate surface area is 160 Å². The summed E-state index contributed by atoms with van der Waals surface area (Å²) in [4.78, 5) is 7.10. The molecule has 2 aromatic heterocycles. The molecule has 3 heterocycles. The van der Waals surface area contributed by atoms with Gasteiger partial charge in [0.2, 0.25) is 0 Å². The Morgan fingerprint density at radius 1 is 1.11 bits per heavy atom. The second-order valence-electron chi connectivity index (χ2n) is 7.88. The van der Waals surface area contributed by atoms with E-state index in [-0.39, 0.29) is 6.10 Å². The summed E-state index contributed by atoms with van der Waals surface area (Å²) in [5.41, 5.74) is 3.22. The molecule has 1 N–H and O–H groups in total. The third kappa shape index (κ3) is 3.83. The average Bonchev–Trinajstić information content (AvgIpc) is 3.17. The van der Waals surface area contributed by atoms with E-state index in [1.807, 2.05) is 35.0 Å². The predicted octanol–water partition coefficient (Wildman–Crippen LogP) is 3.67. The van der Waals surface area contributed by atoms with Gasteiger partial charge in [0.25, 0.3) is 0 Å². The molecule has 27 heavy (non-hydrogen) atoms. The van der Waals surface area contributed by atoms with Crippen molar-refractivity contribution in [2.24, 2.45) is 5.92 Å². The Bertz CT molecular complexity index is 882. The zero-order valence-electron chi connectivity index (χ0n) is 16.1. The van der Waals surface area contributed by atoms with Crippen molar-refractivity contribution in [3.63, 3.8) is 0 Å². The lowest BCUT2D eigenvalue weighted by molar-refractivity contribution is 0.0928. The van der Waals surface area contributed by atoms with Crippen LogP contribution in [0.5, 0.6) is 0 Å². The van der Waals surface area contributed by atoms with Crippen molar-refractivity contribution in [1.29, 1.82) is 0 Å². The fraction of sp³-hybridized carbons (Fsp3) is 0.455. The third-order valence-corrected chi connectivity index (χ3v) is 5.65. The number of benzene rings is 1. The Hall–Kier alpha value is -2.40. The third-order valence-electron chi connectivity index (χ3n) is 5.65. The molecule has 1 saturated heterocycles. The quantitative estimate of drug-likeness (QED) is 0.750. The van der Waals surface area contributed by atoms with Gasteiger partial charge in [0, 0.05) is 30.9 Å². The molecule has 0 spiro atoms. The number of fused-ring (bicyclic) bond motifs is 1. The van der Waals surface area contributed by atoms with Gasteiger partial charge in [-0.05, 0) is 36.7 Å².